The van der Waals surface area contributed by atoms with Crippen molar-refractivity contribution in [2.24, 2.45) is 10.9 Å². The molecule has 8 N–H and O–H groups in total. The van der Waals surface area contributed by atoms with Crippen LogP contribution in [0.15, 0.2) is 59.6 Å². The molecular formula is C49H62N4O9. The van der Waals surface area contributed by atoms with Gasteiger partial charge < -0.3 is 55.1 Å². The fourth-order valence-corrected chi connectivity index (χ4v) is 10.1. The number of aliphatic hydroxyl groups excluding tert-OH is 2. The van der Waals surface area contributed by atoms with E-state index < -0.39 is 23.4 Å². The molecule has 0 saturated carbocycles. The van der Waals surface area contributed by atoms with Gasteiger partial charge in [-0.15, -0.1) is 0 Å². The van der Waals surface area contributed by atoms with Gasteiger partial charge >= 0.3 is 0 Å². The summed E-state index contributed by atoms with van der Waals surface area (Å²) in [5.41, 5.74) is 5.99. The van der Waals surface area contributed by atoms with Gasteiger partial charge in [-0.1, -0.05) is 38.1 Å². The van der Waals surface area contributed by atoms with Gasteiger partial charge in [0.2, 0.25) is 0 Å². The van der Waals surface area contributed by atoms with Crippen molar-refractivity contribution in [3.8, 4) is 39.9 Å². The number of aliphatic hydroxyl groups is 3. The number of hydrogen-bond donors (Lipinski definition) is 8. The number of benzene rings is 4. The summed E-state index contributed by atoms with van der Waals surface area (Å²) in [6.07, 6.45) is 4.71. The lowest BCUT2D eigenvalue weighted by Crippen LogP contribution is -2.56. The first-order chi connectivity index (χ1) is 29.9. The van der Waals surface area contributed by atoms with E-state index in [4.69, 9.17) is 18.9 Å². The molecule has 0 fully saturated rings. The van der Waals surface area contributed by atoms with Crippen LogP contribution in [0.25, 0.3) is 17.2 Å². The van der Waals surface area contributed by atoms with Crippen molar-refractivity contribution in [2.45, 2.75) is 88.6 Å². The lowest BCUT2D eigenvalue weighted by Gasteiger charge is -2.47. The van der Waals surface area contributed by atoms with Gasteiger partial charge in [-0.05, 0) is 127 Å². The molecule has 62 heavy (non-hydrogen) atoms. The Balaban J connectivity index is 1.27. The largest absolute Gasteiger partial charge is 0.508 e. The normalized spacial score (nSPS) is 21.8. The van der Waals surface area contributed by atoms with Gasteiger partial charge in [-0.2, -0.15) is 0 Å². The van der Waals surface area contributed by atoms with Gasteiger partial charge in [-0.25, -0.2) is 0 Å². The molecule has 0 bridgehead atoms. The highest BCUT2D eigenvalue weighted by Gasteiger charge is 2.50. The number of aromatic hydroxyl groups is 2. The minimum absolute atomic E-state index is 0.00302. The fourth-order valence-electron chi connectivity index (χ4n) is 10.1. The second kappa shape index (κ2) is 18.5. The van der Waals surface area contributed by atoms with Crippen LogP contribution in [0.5, 0.6) is 28.7 Å². The van der Waals surface area contributed by atoms with Gasteiger partial charge in [0.1, 0.15) is 35.6 Å². The first-order valence-corrected chi connectivity index (χ1v) is 22.0. The van der Waals surface area contributed by atoms with Gasteiger partial charge in [0.05, 0.1) is 37.4 Å². The van der Waals surface area contributed by atoms with E-state index in [1.807, 2.05) is 32.2 Å². The van der Waals surface area contributed by atoms with Gasteiger partial charge in [0.15, 0.2) is 17.6 Å². The van der Waals surface area contributed by atoms with Crippen LogP contribution in [0.2, 0.25) is 0 Å². The summed E-state index contributed by atoms with van der Waals surface area (Å²) >= 11 is 0. The second-order valence-corrected chi connectivity index (χ2v) is 18.1. The maximum absolute atomic E-state index is 11.1. The molecule has 5 atom stereocenters. The fraction of sp³-hybridized carbons (Fsp3) is 0.490. The van der Waals surface area contributed by atoms with Crippen LogP contribution in [0, 0.1) is 5.92 Å². The molecule has 0 radical (unpaired) electrons. The minimum atomic E-state index is -1.03. The number of nitrogens with zero attached hydrogens (tertiary/aromatic N) is 1. The molecule has 8 rings (SSSR count). The molecule has 4 aromatic carbocycles. The molecule has 4 aliphatic rings. The van der Waals surface area contributed by atoms with E-state index in [2.05, 4.69) is 59.1 Å². The van der Waals surface area contributed by atoms with E-state index in [9.17, 15) is 25.5 Å². The van der Waals surface area contributed by atoms with Crippen molar-refractivity contribution in [3.63, 3.8) is 0 Å². The van der Waals surface area contributed by atoms with Crippen LogP contribution < -0.4 is 40.7 Å². The number of phenols is 2. The lowest BCUT2D eigenvalue weighted by molar-refractivity contribution is -0.129. The lowest BCUT2D eigenvalue weighted by atomic mass is 9.70. The zero-order chi connectivity index (χ0) is 43.6. The molecule has 1 aliphatic carbocycles. The number of hydrogen-bond acceptors (Lipinski definition) is 13. The monoisotopic (exact) mass is 850 g/mol. The summed E-state index contributed by atoms with van der Waals surface area (Å²) in [7, 11) is 1.84. The molecule has 13 nitrogen and oxygen atoms in total. The Kier molecular flexibility index (Phi) is 13.1. The van der Waals surface area contributed by atoms with Crippen LogP contribution in [0.3, 0.4) is 0 Å². The average Bonchev–Trinajstić information content (AvgIpc) is 3.73. The van der Waals surface area contributed by atoms with E-state index in [0.29, 0.717) is 75.6 Å². The number of fused-ring (bicyclic) bond motifs is 9. The maximum atomic E-state index is 11.1. The van der Waals surface area contributed by atoms with Crippen molar-refractivity contribution in [2.75, 3.05) is 59.9 Å². The Labute approximate surface area is 363 Å². The van der Waals surface area contributed by atoms with Crippen LogP contribution >= 0.6 is 0 Å². The number of nitrogens with one attached hydrogen (secondary N) is 3. The van der Waals surface area contributed by atoms with Crippen LogP contribution in [-0.4, -0.2) is 103 Å². The molecule has 3 heterocycles. The Morgan fingerprint density at radius 3 is 2.63 bits per heavy atom. The highest BCUT2D eigenvalue weighted by molar-refractivity contribution is 5.85. The molecule has 0 amide bonds. The molecule has 5 unspecified atom stereocenters. The number of phenolic OH excluding ortho intramolecular Hbond substituents is 2. The van der Waals surface area contributed by atoms with E-state index in [1.54, 1.807) is 18.2 Å². The predicted molar refractivity (Wildman–Crippen MR) is 237 cm³/mol. The Morgan fingerprint density at radius 2 is 1.84 bits per heavy atom. The zero-order valence-corrected chi connectivity index (χ0v) is 36.3. The summed E-state index contributed by atoms with van der Waals surface area (Å²) in [4.78, 5) is 4.60. The Bertz CT molecular complexity index is 2390. The van der Waals surface area contributed by atoms with Crippen molar-refractivity contribution >= 4 is 6.08 Å². The van der Waals surface area contributed by atoms with Crippen LogP contribution in [0.1, 0.15) is 79.0 Å². The van der Waals surface area contributed by atoms with Crippen LogP contribution in [-0.2, 0) is 30.4 Å². The molecular weight excluding hydrogens is 789 g/mol. The van der Waals surface area contributed by atoms with Gasteiger partial charge in [0, 0.05) is 42.9 Å². The summed E-state index contributed by atoms with van der Waals surface area (Å²) < 4.78 is 26.9. The topological polar surface area (TPSA) is 187 Å². The molecule has 0 spiro atoms. The average molecular weight is 851 g/mol. The van der Waals surface area contributed by atoms with Gasteiger partial charge in [0.25, 0.3) is 0 Å². The zero-order valence-electron chi connectivity index (χ0n) is 36.3. The first-order valence-electron chi connectivity index (χ1n) is 22.0. The summed E-state index contributed by atoms with van der Waals surface area (Å²) in [5.74, 6) is 2.12. The molecule has 0 aromatic heterocycles. The third-order valence-electron chi connectivity index (χ3n) is 12.6. The Hall–Kier alpha value is -4.73. The van der Waals surface area contributed by atoms with E-state index in [-0.39, 0.29) is 49.7 Å². The van der Waals surface area contributed by atoms with Crippen molar-refractivity contribution in [1.82, 2.24) is 16.0 Å². The van der Waals surface area contributed by atoms with Crippen molar-refractivity contribution < 1.29 is 44.5 Å². The van der Waals surface area contributed by atoms with E-state index >= 15 is 0 Å². The second-order valence-electron chi connectivity index (χ2n) is 18.1. The van der Waals surface area contributed by atoms with Gasteiger partial charge in [-0.3, -0.25) is 10.3 Å². The summed E-state index contributed by atoms with van der Waals surface area (Å²) in [5, 5.41) is 65.2. The van der Waals surface area contributed by atoms with Crippen LogP contribution in [0.4, 0.5) is 0 Å². The smallest absolute Gasteiger partial charge is 0.161 e. The highest BCUT2D eigenvalue weighted by Crippen LogP contribution is 2.57. The van der Waals surface area contributed by atoms with E-state index in [0.717, 1.165) is 56.1 Å². The number of rotatable bonds is 18. The summed E-state index contributed by atoms with van der Waals surface area (Å²) in [6.45, 7) is 7.72. The molecule has 13 heteroatoms. The quantitative estimate of drug-likeness (QED) is 0.0538. The molecule has 0 saturated heterocycles. The van der Waals surface area contributed by atoms with Crippen molar-refractivity contribution in [3.05, 3.63) is 98.6 Å². The molecule has 4 aromatic rings. The highest BCUT2D eigenvalue weighted by atomic mass is 16.6. The predicted octanol–water partition coefficient (Wildman–Crippen LogP) is 3.66. The first kappa shape index (κ1) is 43.9. The summed E-state index contributed by atoms with van der Waals surface area (Å²) in [6, 6.07) is 17.2. The molecule has 332 valence electrons. The minimum Gasteiger partial charge on any atom is -0.508 e. The Morgan fingerprint density at radius 1 is 0.984 bits per heavy atom. The van der Waals surface area contributed by atoms with E-state index in [1.165, 1.54) is 5.56 Å². The molecule has 3 aliphatic heterocycles. The van der Waals surface area contributed by atoms with Crippen molar-refractivity contribution in [1.29, 1.82) is 0 Å². The maximum Gasteiger partial charge on any atom is 0.161 e. The third-order valence-corrected chi connectivity index (χ3v) is 12.6. The SMILES string of the molecule is CNCOC1(CNCNCC(C)(O)CC(C)C)Cc2c3c(c4c(c2OC1c1ccc(O)c(OCCO)c1)CCC(CO)O4)-c1ccc(O)cc1C(Cc1ccc2c(c1)=CCN=2)C3. The third kappa shape index (κ3) is 9.03. The number of ether oxygens (including phenoxy) is 4. The standard InChI is InChI=1S/C49H62N4O9/c1-29(2)22-48(3,58)25-51-27-52-26-49(60-28-50-4)23-40-39-19-33(18-30-5-11-41-31(17-30)13-14-53-41)38-21-34(56)7-9-36(38)44(39)46-37(10-8-35(24-55)61-46)45(40)62-47(49)32-6-12-42(57)43(20-32)59-16-15-54/h5-7,9,11-13,17,20-21,29,33,35,47,50-52,54-58H,8,10,14-16,18-19,22-28H2,1-4H3.